The molecule has 1 aliphatic carbocycles. The van der Waals surface area contributed by atoms with Crippen molar-refractivity contribution in [1.29, 1.82) is 0 Å². The highest BCUT2D eigenvalue weighted by atomic mass is 16.3. The zero-order valence-electron chi connectivity index (χ0n) is 41.4. The van der Waals surface area contributed by atoms with Gasteiger partial charge >= 0.3 is 0 Å². The van der Waals surface area contributed by atoms with Crippen LogP contribution >= 0.6 is 0 Å². The van der Waals surface area contributed by atoms with E-state index in [4.69, 9.17) is 16.8 Å². The van der Waals surface area contributed by atoms with Gasteiger partial charge in [-0.15, -0.1) is 0 Å². The van der Waals surface area contributed by atoms with Crippen LogP contribution in [0.3, 0.4) is 0 Å². The first-order chi connectivity index (χ1) is 29.7. The van der Waals surface area contributed by atoms with Crippen LogP contribution in [0.5, 0.6) is 0 Å². The predicted molar refractivity (Wildman–Crippen MR) is 195 cm³/mol. The van der Waals surface area contributed by atoms with E-state index in [2.05, 4.69) is 13.8 Å². The second-order valence-electron chi connectivity index (χ2n) is 11.9. The standard InChI is InChI=1S/C45H30O/c1-45(2)39-18-10-9-13-31(39)36-24-29(19-21-40(36)45)43-32-14-5-7-16-34(32)44(35-17-8-6-15-33(35)43)30-20-22-41-37(25-30)38-23-27-11-3-4-12-28(27)26-42(38)46-41/h3-26H,1-2H3/i3D,4D,5D,6D,7D,8D,11D,12D,14D,15D,16D,17D,20D,22D,23D,25D,26D. The third kappa shape index (κ3) is 3.46. The van der Waals surface area contributed by atoms with Gasteiger partial charge in [-0.3, -0.25) is 0 Å². The fourth-order valence-corrected chi connectivity index (χ4v) is 7.02. The van der Waals surface area contributed by atoms with E-state index >= 15 is 0 Å². The molecule has 0 saturated carbocycles. The van der Waals surface area contributed by atoms with Gasteiger partial charge in [0.2, 0.25) is 0 Å². The molecular formula is C45H30O. The van der Waals surface area contributed by atoms with Crippen LogP contribution in [-0.2, 0) is 5.41 Å². The first kappa shape index (κ1) is 14.2. The van der Waals surface area contributed by atoms with Crippen LogP contribution in [0.25, 0.3) is 87.6 Å². The van der Waals surface area contributed by atoms with Crippen molar-refractivity contribution >= 4 is 54.3 Å². The van der Waals surface area contributed by atoms with Gasteiger partial charge in [0.05, 0.1) is 23.3 Å². The average Bonchev–Trinajstić information content (AvgIpc) is 3.78. The van der Waals surface area contributed by atoms with Crippen LogP contribution in [-0.4, -0.2) is 0 Å². The van der Waals surface area contributed by atoms with Gasteiger partial charge in [0.15, 0.2) is 0 Å². The number of hydrogen-bond donors (Lipinski definition) is 0. The molecule has 8 aromatic carbocycles. The molecule has 1 nitrogen and oxygen atoms in total. The quantitative estimate of drug-likeness (QED) is 0.179. The Labute approximate surface area is 291 Å². The highest BCUT2D eigenvalue weighted by molar-refractivity contribution is 6.22. The Balaban J connectivity index is 1.45. The summed E-state index contributed by atoms with van der Waals surface area (Å²) < 4.78 is 160. The van der Waals surface area contributed by atoms with Gasteiger partial charge in [0.25, 0.3) is 0 Å². The van der Waals surface area contributed by atoms with Crippen molar-refractivity contribution in [2.24, 2.45) is 0 Å². The Morgan fingerprint density at radius 1 is 0.500 bits per heavy atom. The monoisotopic (exact) mass is 603 g/mol. The van der Waals surface area contributed by atoms with Crippen molar-refractivity contribution in [2.75, 3.05) is 0 Å². The summed E-state index contributed by atoms with van der Waals surface area (Å²) >= 11 is 0. The molecule has 1 heterocycles. The molecule has 0 N–H and O–H groups in total. The zero-order valence-corrected chi connectivity index (χ0v) is 24.4. The largest absolute Gasteiger partial charge is 0.456 e. The Hall–Kier alpha value is -5.66. The Kier molecular flexibility index (Phi) is 2.83. The van der Waals surface area contributed by atoms with E-state index < -0.39 is 125 Å². The molecule has 0 saturated heterocycles. The smallest absolute Gasteiger partial charge is 0.136 e. The summed E-state index contributed by atoms with van der Waals surface area (Å²) in [4.78, 5) is 0. The van der Waals surface area contributed by atoms with Gasteiger partial charge in [0.1, 0.15) is 11.2 Å². The Morgan fingerprint density at radius 3 is 1.80 bits per heavy atom. The van der Waals surface area contributed by atoms with Gasteiger partial charge in [-0.2, -0.15) is 0 Å². The van der Waals surface area contributed by atoms with Gasteiger partial charge in [0, 0.05) is 16.2 Å². The first-order valence-electron chi connectivity index (χ1n) is 23.2. The fraction of sp³-hybridized carbons (Fsp3) is 0.0667. The number of benzene rings is 8. The molecule has 0 spiro atoms. The van der Waals surface area contributed by atoms with Gasteiger partial charge < -0.3 is 4.42 Å². The molecule has 9 aromatic rings. The Bertz CT molecular complexity index is 3600. The molecular weight excluding hydrogens is 556 g/mol. The molecule has 0 amide bonds. The summed E-state index contributed by atoms with van der Waals surface area (Å²) in [5, 5.41) is -2.22. The minimum atomic E-state index is -0.732. The summed E-state index contributed by atoms with van der Waals surface area (Å²) in [6.07, 6.45) is 0. The summed E-state index contributed by atoms with van der Waals surface area (Å²) in [6, 6.07) is 2.38. The summed E-state index contributed by atoms with van der Waals surface area (Å²) in [6.45, 7) is 4.16. The van der Waals surface area contributed by atoms with Gasteiger partial charge in [-0.1, -0.05) is 129 Å². The minimum Gasteiger partial charge on any atom is -0.456 e. The molecule has 1 aliphatic rings. The molecule has 216 valence electrons. The second-order valence-corrected chi connectivity index (χ2v) is 11.9. The lowest BCUT2D eigenvalue weighted by Crippen LogP contribution is -2.14. The van der Waals surface area contributed by atoms with Crippen LogP contribution < -0.4 is 0 Å². The van der Waals surface area contributed by atoms with Crippen molar-refractivity contribution in [3.8, 4) is 33.4 Å². The highest BCUT2D eigenvalue weighted by Crippen LogP contribution is 2.51. The third-order valence-corrected chi connectivity index (χ3v) is 9.13. The van der Waals surface area contributed by atoms with E-state index in [9.17, 15) is 11.0 Å². The van der Waals surface area contributed by atoms with Crippen LogP contribution in [0.1, 0.15) is 48.3 Å². The van der Waals surface area contributed by atoms with Crippen molar-refractivity contribution in [1.82, 2.24) is 0 Å². The summed E-state index contributed by atoms with van der Waals surface area (Å²) in [7, 11) is 0. The molecule has 0 fully saturated rings. The van der Waals surface area contributed by atoms with Crippen LogP contribution in [0, 0.1) is 0 Å². The van der Waals surface area contributed by atoms with Crippen molar-refractivity contribution in [2.45, 2.75) is 19.3 Å². The van der Waals surface area contributed by atoms with Crippen molar-refractivity contribution in [3.63, 3.8) is 0 Å². The molecule has 10 rings (SSSR count). The van der Waals surface area contributed by atoms with E-state index in [1.54, 1.807) is 6.07 Å². The van der Waals surface area contributed by atoms with Crippen LogP contribution in [0.2, 0.25) is 0 Å². The SMILES string of the molecule is [2H]c1c(-c2c3c([2H])c([2H])c([2H])c([2H])c3c(-c3ccc4c(c3)-c3ccccc3C4(C)C)c3c([2H])c([2H])c([2H])c([2H])c23)c([2H])c2c(oc3c([2H])c4c([2H])c([2H])c([2H])c([2H])c4c([2H])c32)c1[2H]. The molecule has 0 radical (unpaired) electrons. The number of rotatable bonds is 2. The maximum Gasteiger partial charge on any atom is 0.136 e. The molecule has 0 atom stereocenters. The number of fused-ring (bicyclic) bond motifs is 9. The topological polar surface area (TPSA) is 13.1 Å². The van der Waals surface area contributed by atoms with E-state index in [-0.39, 0.29) is 54.2 Å². The molecule has 0 bridgehead atoms. The summed E-state index contributed by atoms with van der Waals surface area (Å²) in [5.74, 6) is 0. The van der Waals surface area contributed by atoms with Crippen molar-refractivity contribution < 1.29 is 27.7 Å². The maximum atomic E-state index is 9.82. The maximum absolute atomic E-state index is 9.82. The highest BCUT2D eigenvalue weighted by Gasteiger charge is 2.35. The zero-order chi connectivity index (χ0) is 45.4. The van der Waals surface area contributed by atoms with Crippen molar-refractivity contribution in [3.05, 3.63) is 156 Å². The molecule has 1 aromatic heterocycles. The third-order valence-electron chi connectivity index (χ3n) is 9.13. The van der Waals surface area contributed by atoms with E-state index in [0.717, 1.165) is 22.3 Å². The molecule has 1 heteroatoms. The second kappa shape index (κ2) is 9.19. The van der Waals surface area contributed by atoms with E-state index in [1.807, 2.05) is 36.4 Å². The van der Waals surface area contributed by atoms with Gasteiger partial charge in [-0.25, -0.2) is 0 Å². The molecule has 0 aliphatic heterocycles. The Morgan fingerprint density at radius 2 is 1.09 bits per heavy atom. The first-order valence-corrected chi connectivity index (χ1v) is 14.7. The number of furan rings is 1. The lowest BCUT2D eigenvalue weighted by atomic mass is 9.81. The fourth-order valence-electron chi connectivity index (χ4n) is 7.02. The molecule has 46 heavy (non-hydrogen) atoms. The average molecular weight is 604 g/mol. The van der Waals surface area contributed by atoms with Gasteiger partial charge in [-0.05, 0) is 107 Å². The van der Waals surface area contributed by atoms with Crippen LogP contribution in [0.15, 0.2) is 150 Å². The molecule has 0 unspecified atom stereocenters. The van der Waals surface area contributed by atoms with E-state index in [0.29, 0.717) is 5.56 Å². The lowest BCUT2D eigenvalue weighted by molar-refractivity contribution is 0.660. The minimum absolute atomic E-state index is 0.0552. The normalized spacial score (nSPS) is 18.8. The van der Waals surface area contributed by atoms with Crippen LogP contribution in [0.4, 0.5) is 0 Å². The van der Waals surface area contributed by atoms with E-state index in [1.165, 1.54) is 0 Å². The lowest BCUT2D eigenvalue weighted by Gasteiger charge is -2.22. The summed E-state index contributed by atoms with van der Waals surface area (Å²) in [5.41, 5.74) is 2.06. The number of hydrogen-bond acceptors (Lipinski definition) is 1. The predicted octanol–water partition coefficient (Wildman–Crippen LogP) is 12.7.